The van der Waals surface area contributed by atoms with Crippen LogP contribution in [0.1, 0.15) is 13.8 Å². The molecule has 0 radical (unpaired) electrons. The Labute approximate surface area is 177 Å². The third-order valence-corrected chi connectivity index (χ3v) is 7.94. The lowest BCUT2D eigenvalue weighted by Gasteiger charge is -2.40. The zero-order valence-corrected chi connectivity index (χ0v) is 18.3. The first-order valence-corrected chi connectivity index (χ1v) is 11.7. The second-order valence-corrected chi connectivity index (χ2v) is 9.51. The molecule has 2 aliphatic heterocycles. The van der Waals surface area contributed by atoms with Gasteiger partial charge >= 0.3 is 0 Å². The molecule has 166 valence electrons. The van der Waals surface area contributed by atoms with Gasteiger partial charge in [0.15, 0.2) is 4.90 Å². The van der Waals surface area contributed by atoms with Crippen LogP contribution in [0.3, 0.4) is 0 Å². The van der Waals surface area contributed by atoms with E-state index >= 15 is 0 Å². The van der Waals surface area contributed by atoms with Crippen molar-refractivity contribution in [2.24, 2.45) is 0 Å². The van der Waals surface area contributed by atoms with Crippen molar-refractivity contribution in [2.75, 3.05) is 58.9 Å². The maximum absolute atomic E-state index is 13.0. The highest BCUT2D eigenvalue weighted by Gasteiger charge is 2.36. The Morgan fingerprint density at radius 2 is 1.67 bits per heavy atom. The fourth-order valence-corrected chi connectivity index (χ4v) is 5.58. The normalized spacial score (nSPS) is 20.8. The summed E-state index contributed by atoms with van der Waals surface area (Å²) in [5.41, 5.74) is -0.422. The number of sulfonamides is 1. The predicted octanol–water partition coefficient (Wildman–Crippen LogP) is 0.454. The highest BCUT2D eigenvalue weighted by molar-refractivity contribution is 7.89. The lowest BCUT2D eigenvalue weighted by molar-refractivity contribution is -0.387. The smallest absolute Gasteiger partial charge is 0.289 e. The molecule has 11 heteroatoms. The second kappa shape index (κ2) is 9.38. The van der Waals surface area contributed by atoms with Crippen molar-refractivity contribution in [3.8, 4) is 0 Å². The van der Waals surface area contributed by atoms with Crippen LogP contribution in [-0.4, -0.2) is 103 Å². The molecule has 30 heavy (non-hydrogen) atoms. The molecular weight excluding hydrogens is 410 g/mol. The van der Waals surface area contributed by atoms with Gasteiger partial charge in [-0.1, -0.05) is 19.1 Å². The van der Waals surface area contributed by atoms with Crippen molar-refractivity contribution in [2.45, 2.75) is 24.8 Å². The SMILES string of the molecule is CCN1CCN(C(=O)[C@@H](C)N2CCN(S(=O)(=O)c3ccccc3[N+](=O)[O-])CC2)CC1. The van der Waals surface area contributed by atoms with E-state index in [4.69, 9.17) is 0 Å². The number of amides is 1. The first-order valence-electron chi connectivity index (χ1n) is 10.2. The molecule has 1 aromatic carbocycles. The number of nitrogens with zero attached hydrogens (tertiary/aromatic N) is 5. The Hall–Kier alpha value is -2.08. The van der Waals surface area contributed by atoms with Crippen molar-refractivity contribution in [3.05, 3.63) is 34.4 Å². The number of nitro benzene ring substituents is 1. The number of hydrogen-bond donors (Lipinski definition) is 0. The van der Waals surface area contributed by atoms with Gasteiger partial charge in [0.2, 0.25) is 15.9 Å². The number of likely N-dealkylation sites (N-methyl/N-ethyl adjacent to an activating group) is 1. The van der Waals surface area contributed by atoms with E-state index in [1.54, 1.807) is 0 Å². The molecule has 1 aromatic rings. The topological polar surface area (TPSA) is 107 Å². The lowest BCUT2D eigenvalue weighted by atomic mass is 10.2. The van der Waals surface area contributed by atoms with Gasteiger partial charge in [-0.05, 0) is 19.5 Å². The summed E-state index contributed by atoms with van der Waals surface area (Å²) >= 11 is 0. The third-order valence-electron chi connectivity index (χ3n) is 5.99. The average molecular weight is 440 g/mol. The maximum Gasteiger partial charge on any atom is 0.289 e. The molecule has 0 aliphatic carbocycles. The molecule has 0 bridgehead atoms. The van der Waals surface area contributed by atoms with E-state index in [1.165, 1.54) is 28.6 Å². The molecule has 2 heterocycles. The van der Waals surface area contributed by atoms with Crippen LogP contribution in [0.15, 0.2) is 29.2 Å². The molecule has 2 aliphatic rings. The maximum atomic E-state index is 13.0. The van der Waals surface area contributed by atoms with E-state index in [9.17, 15) is 23.3 Å². The molecule has 1 atom stereocenters. The van der Waals surface area contributed by atoms with E-state index in [2.05, 4.69) is 11.8 Å². The third kappa shape index (κ3) is 4.64. The Balaban J connectivity index is 1.62. The molecule has 0 N–H and O–H groups in total. The van der Waals surface area contributed by atoms with Gasteiger partial charge in [-0.15, -0.1) is 0 Å². The molecular formula is C19H29N5O5S. The number of hydrogen-bond acceptors (Lipinski definition) is 7. The molecule has 2 saturated heterocycles. The molecule has 3 rings (SSSR count). The molecule has 1 amide bonds. The summed E-state index contributed by atoms with van der Waals surface area (Å²) in [5.74, 6) is 0.0701. The Bertz CT molecular complexity index is 877. The predicted molar refractivity (Wildman–Crippen MR) is 112 cm³/mol. The van der Waals surface area contributed by atoms with Crippen LogP contribution in [0, 0.1) is 10.1 Å². The van der Waals surface area contributed by atoms with Gasteiger partial charge in [0.1, 0.15) is 0 Å². The van der Waals surface area contributed by atoms with Crippen LogP contribution >= 0.6 is 0 Å². The number of rotatable bonds is 6. The van der Waals surface area contributed by atoms with Crippen molar-refractivity contribution in [3.63, 3.8) is 0 Å². The van der Waals surface area contributed by atoms with Crippen LogP contribution in [-0.2, 0) is 14.8 Å². The van der Waals surface area contributed by atoms with Crippen LogP contribution < -0.4 is 0 Å². The van der Waals surface area contributed by atoms with E-state index in [0.29, 0.717) is 26.2 Å². The number of nitro groups is 1. The van der Waals surface area contributed by atoms with E-state index in [1.807, 2.05) is 16.7 Å². The molecule has 2 fully saturated rings. The minimum atomic E-state index is -3.97. The standard InChI is InChI=1S/C19H29N5O5S/c1-3-20-8-10-22(11-9-20)19(25)16(2)21-12-14-23(15-13-21)30(28,29)18-7-5-4-6-17(18)24(26)27/h4-7,16H,3,8-15H2,1-2H3/t16-/m1/s1. The average Bonchev–Trinajstić information content (AvgIpc) is 2.78. The fraction of sp³-hybridized carbons (Fsp3) is 0.632. The highest BCUT2D eigenvalue weighted by Crippen LogP contribution is 2.27. The van der Waals surface area contributed by atoms with Crippen molar-refractivity contribution >= 4 is 21.6 Å². The van der Waals surface area contributed by atoms with Crippen LogP contribution in [0.2, 0.25) is 0 Å². The summed E-state index contributed by atoms with van der Waals surface area (Å²) in [4.78, 5) is 29.3. The van der Waals surface area contributed by atoms with Gasteiger partial charge in [0.05, 0.1) is 11.0 Å². The Morgan fingerprint density at radius 1 is 1.07 bits per heavy atom. The summed E-state index contributed by atoms with van der Waals surface area (Å²) in [6.45, 7) is 9.31. The number of para-hydroxylation sites is 1. The summed E-state index contributed by atoms with van der Waals surface area (Å²) in [7, 11) is -3.97. The summed E-state index contributed by atoms with van der Waals surface area (Å²) < 4.78 is 27.2. The fourth-order valence-electron chi connectivity index (χ4n) is 4.00. The number of benzene rings is 1. The summed E-state index contributed by atoms with van der Waals surface area (Å²) in [6, 6.07) is 5.07. The molecule has 0 spiro atoms. The zero-order chi connectivity index (χ0) is 21.9. The summed E-state index contributed by atoms with van der Waals surface area (Å²) in [5, 5.41) is 11.2. The monoisotopic (exact) mass is 439 g/mol. The lowest BCUT2D eigenvalue weighted by Crippen LogP contribution is -2.57. The van der Waals surface area contributed by atoms with Gasteiger partial charge in [0.25, 0.3) is 5.69 Å². The minimum absolute atomic E-state index is 0.0701. The molecule has 0 saturated carbocycles. The van der Waals surface area contributed by atoms with Gasteiger partial charge in [-0.25, -0.2) is 8.42 Å². The minimum Gasteiger partial charge on any atom is -0.339 e. The molecule has 0 aromatic heterocycles. The number of carbonyl (C=O) groups is 1. The first kappa shape index (κ1) is 22.6. The number of piperazine rings is 2. The molecule has 0 unspecified atom stereocenters. The quantitative estimate of drug-likeness (QED) is 0.468. The number of carbonyl (C=O) groups excluding carboxylic acids is 1. The van der Waals surface area contributed by atoms with E-state index < -0.39 is 20.6 Å². The molecule has 10 nitrogen and oxygen atoms in total. The first-order chi connectivity index (χ1) is 14.3. The van der Waals surface area contributed by atoms with Crippen molar-refractivity contribution in [1.82, 2.24) is 19.0 Å². The van der Waals surface area contributed by atoms with Crippen molar-refractivity contribution < 1.29 is 18.1 Å². The van der Waals surface area contributed by atoms with E-state index in [-0.39, 0.29) is 29.9 Å². The zero-order valence-electron chi connectivity index (χ0n) is 17.4. The van der Waals surface area contributed by atoms with E-state index in [0.717, 1.165) is 19.6 Å². The Kier molecular flexibility index (Phi) is 7.06. The largest absolute Gasteiger partial charge is 0.339 e. The van der Waals surface area contributed by atoms with Crippen molar-refractivity contribution in [1.29, 1.82) is 0 Å². The van der Waals surface area contributed by atoms with Gasteiger partial charge in [-0.2, -0.15) is 4.31 Å². The Morgan fingerprint density at radius 3 is 2.23 bits per heavy atom. The van der Waals surface area contributed by atoms with Gasteiger partial charge in [-0.3, -0.25) is 19.8 Å². The second-order valence-electron chi connectivity index (χ2n) is 7.60. The van der Waals surface area contributed by atoms with Gasteiger partial charge in [0, 0.05) is 58.4 Å². The van der Waals surface area contributed by atoms with Crippen LogP contribution in [0.4, 0.5) is 5.69 Å². The summed E-state index contributed by atoms with van der Waals surface area (Å²) in [6.07, 6.45) is 0. The van der Waals surface area contributed by atoms with Crippen LogP contribution in [0.25, 0.3) is 0 Å². The highest BCUT2D eigenvalue weighted by atomic mass is 32.2. The van der Waals surface area contributed by atoms with Gasteiger partial charge < -0.3 is 9.80 Å². The van der Waals surface area contributed by atoms with Crippen LogP contribution in [0.5, 0.6) is 0 Å².